The van der Waals surface area contributed by atoms with Gasteiger partial charge in [0.25, 0.3) is 5.91 Å². The molecule has 0 atom stereocenters. The number of anilines is 1. The van der Waals surface area contributed by atoms with Crippen molar-refractivity contribution >= 4 is 23.2 Å². The highest BCUT2D eigenvalue weighted by molar-refractivity contribution is 6.30. The zero-order valence-corrected chi connectivity index (χ0v) is 10.6. The van der Waals surface area contributed by atoms with Crippen molar-refractivity contribution in [2.24, 2.45) is 0 Å². The number of rotatable bonds is 4. The average Bonchev–Trinajstić information content (AvgIpc) is 2.78. The van der Waals surface area contributed by atoms with Gasteiger partial charge in [0, 0.05) is 10.7 Å². The molecule has 0 aliphatic carbocycles. The minimum Gasteiger partial charge on any atom is -0.455 e. The first-order valence-electron chi connectivity index (χ1n) is 5.49. The summed E-state index contributed by atoms with van der Waals surface area (Å²) in [7, 11) is 1.81. The maximum Gasteiger partial charge on any atom is 0.291 e. The molecule has 2 rings (SSSR count). The van der Waals surface area contributed by atoms with Gasteiger partial charge in [0.2, 0.25) is 0 Å². The van der Waals surface area contributed by atoms with E-state index in [2.05, 4.69) is 10.6 Å². The van der Waals surface area contributed by atoms with Crippen molar-refractivity contribution in [3.63, 3.8) is 0 Å². The van der Waals surface area contributed by atoms with Crippen molar-refractivity contribution in [1.82, 2.24) is 5.32 Å². The Morgan fingerprint density at radius 2 is 2.17 bits per heavy atom. The lowest BCUT2D eigenvalue weighted by Crippen LogP contribution is -2.11. The molecule has 0 aliphatic rings. The molecule has 94 valence electrons. The fourth-order valence-corrected chi connectivity index (χ4v) is 1.72. The lowest BCUT2D eigenvalue weighted by atomic mass is 10.3. The molecular weight excluding hydrogens is 252 g/mol. The van der Waals surface area contributed by atoms with E-state index in [0.29, 0.717) is 23.0 Å². The van der Waals surface area contributed by atoms with E-state index in [9.17, 15) is 4.79 Å². The molecule has 4 nitrogen and oxygen atoms in total. The molecule has 0 radical (unpaired) electrons. The number of carbonyl (C=O) groups excluding carboxylic acids is 1. The third-order valence-electron chi connectivity index (χ3n) is 2.32. The molecule has 2 aromatic rings. The van der Waals surface area contributed by atoms with Crippen LogP contribution in [0, 0.1) is 0 Å². The number of hydrogen-bond acceptors (Lipinski definition) is 3. The first-order chi connectivity index (χ1) is 8.69. The second-order valence-corrected chi connectivity index (χ2v) is 4.20. The van der Waals surface area contributed by atoms with Crippen LogP contribution in [-0.2, 0) is 6.54 Å². The Balaban J connectivity index is 2.07. The van der Waals surface area contributed by atoms with E-state index in [1.807, 2.05) is 7.05 Å². The summed E-state index contributed by atoms with van der Waals surface area (Å²) in [5, 5.41) is 6.24. The number of halogens is 1. The molecule has 1 aromatic heterocycles. The Labute approximate surface area is 110 Å². The molecule has 1 heterocycles. The Kier molecular flexibility index (Phi) is 4.02. The molecule has 0 aliphatic heterocycles. The van der Waals surface area contributed by atoms with E-state index in [1.165, 1.54) is 0 Å². The van der Waals surface area contributed by atoms with Crippen molar-refractivity contribution in [3.05, 3.63) is 52.9 Å². The molecule has 1 aromatic carbocycles. The van der Waals surface area contributed by atoms with E-state index >= 15 is 0 Å². The lowest BCUT2D eigenvalue weighted by molar-refractivity contribution is 0.0995. The summed E-state index contributed by atoms with van der Waals surface area (Å²) >= 11 is 5.84. The molecule has 18 heavy (non-hydrogen) atoms. The number of benzene rings is 1. The third kappa shape index (κ3) is 3.12. The van der Waals surface area contributed by atoms with Crippen LogP contribution in [-0.4, -0.2) is 13.0 Å². The molecular formula is C13H13ClN2O2. The van der Waals surface area contributed by atoms with E-state index in [0.717, 1.165) is 0 Å². The predicted octanol–water partition coefficient (Wildman–Crippen LogP) is 2.90. The minimum atomic E-state index is -0.292. The van der Waals surface area contributed by atoms with Crippen molar-refractivity contribution in [2.75, 3.05) is 12.4 Å². The summed E-state index contributed by atoms with van der Waals surface area (Å²) in [6, 6.07) is 10.4. The molecule has 0 saturated heterocycles. The van der Waals surface area contributed by atoms with Gasteiger partial charge in [-0.3, -0.25) is 4.79 Å². The molecule has 0 saturated carbocycles. The first kappa shape index (κ1) is 12.7. The van der Waals surface area contributed by atoms with E-state index in [1.54, 1.807) is 36.4 Å². The van der Waals surface area contributed by atoms with Gasteiger partial charge >= 0.3 is 0 Å². The molecule has 0 unspecified atom stereocenters. The number of carbonyl (C=O) groups is 1. The first-order valence-corrected chi connectivity index (χ1v) is 5.87. The van der Waals surface area contributed by atoms with Crippen molar-refractivity contribution in [3.8, 4) is 0 Å². The maximum atomic E-state index is 11.9. The number of nitrogens with one attached hydrogen (secondary N) is 2. The summed E-state index contributed by atoms with van der Waals surface area (Å²) < 4.78 is 5.38. The Bertz CT molecular complexity index is 551. The Morgan fingerprint density at radius 3 is 2.89 bits per heavy atom. The van der Waals surface area contributed by atoms with Crippen molar-refractivity contribution in [2.45, 2.75) is 6.54 Å². The summed E-state index contributed by atoms with van der Waals surface area (Å²) in [5.74, 6) is 0.702. The SMILES string of the molecule is CNCc1ccc(C(=O)Nc2cccc(Cl)c2)o1. The normalized spacial score (nSPS) is 10.3. The topological polar surface area (TPSA) is 54.3 Å². The molecule has 0 fully saturated rings. The fourth-order valence-electron chi connectivity index (χ4n) is 1.53. The van der Waals surface area contributed by atoms with E-state index in [-0.39, 0.29) is 11.7 Å². The summed E-state index contributed by atoms with van der Waals surface area (Å²) in [6.07, 6.45) is 0. The van der Waals surface area contributed by atoms with Gasteiger partial charge in [-0.25, -0.2) is 0 Å². The highest BCUT2D eigenvalue weighted by atomic mass is 35.5. The Hall–Kier alpha value is -1.78. The number of furan rings is 1. The third-order valence-corrected chi connectivity index (χ3v) is 2.55. The van der Waals surface area contributed by atoms with Gasteiger partial charge in [0.1, 0.15) is 5.76 Å². The molecule has 0 spiro atoms. The molecule has 1 amide bonds. The predicted molar refractivity (Wildman–Crippen MR) is 70.9 cm³/mol. The molecule has 2 N–H and O–H groups in total. The molecule has 5 heteroatoms. The monoisotopic (exact) mass is 264 g/mol. The van der Waals surface area contributed by atoms with Gasteiger partial charge in [0.15, 0.2) is 5.76 Å². The largest absolute Gasteiger partial charge is 0.455 e. The lowest BCUT2D eigenvalue weighted by Gasteiger charge is -2.03. The number of amides is 1. The van der Waals surface area contributed by atoms with Crippen molar-refractivity contribution in [1.29, 1.82) is 0 Å². The fraction of sp³-hybridized carbons (Fsp3) is 0.154. The highest BCUT2D eigenvalue weighted by Crippen LogP contribution is 2.16. The van der Waals surface area contributed by atoms with Crippen LogP contribution in [0.4, 0.5) is 5.69 Å². The summed E-state index contributed by atoms with van der Waals surface area (Å²) in [6.45, 7) is 0.588. The van der Waals surface area contributed by atoms with Crippen LogP contribution in [0.2, 0.25) is 5.02 Å². The quantitative estimate of drug-likeness (QED) is 0.893. The highest BCUT2D eigenvalue weighted by Gasteiger charge is 2.11. The van der Waals surface area contributed by atoms with Gasteiger partial charge < -0.3 is 15.1 Å². The second kappa shape index (κ2) is 5.71. The maximum absolute atomic E-state index is 11.9. The second-order valence-electron chi connectivity index (χ2n) is 3.76. The van der Waals surface area contributed by atoms with Gasteiger partial charge in [0.05, 0.1) is 6.54 Å². The van der Waals surface area contributed by atoms with Gasteiger partial charge in [-0.2, -0.15) is 0 Å². The average molecular weight is 265 g/mol. The van der Waals surface area contributed by atoms with E-state index < -0.39 is 0 Å². The minimum absolute atomic E-state index is 0.278. The smallest absolute Gasteiger partial charge is 0.291 e. The molecule has 0 bridgehead atoms. The van der Waals surface area contributed by atoms with Crippen LogP contribution in [0.3, 0.4) is 0 Å². The number of hydrogen-bond donors (Lipinski definition) is 2. The zero-order chi connectivity index (χ0) is 13.0. The van der Waals surface area contributed by atoms with Crippen LogP contribution >= 0.6 is 11.6 Å². The van der Waals surface area contributed by atoms with E-state index in [4.69, 9.17) is 16.0 Å². The zero-order valence-electron chi connectivity index (χ0n) is 9.87. The van der Waals surface area contributed by atoms with Gasteiger partial charge in [-0.05, 0) is 37.4 Å². The summed E-state index contributed by atoms with van der Waals surface area (Å²) in [5.41, 5.74) is 0.638. The van der Waals surface area contributed by atoms with Crippen LogP contribution in [0.5, 0.6) is 0 Å². The van der Waals surface area contributed by atoms with Gasteiger partial charge in [-0.15, -0.1) is 0 Å². The van der Waals surface area contributed by atoms with Crippen LogP contribution in [0.25, 0.3) is 0 Å². The van der Waals surface area contributed by atoms with Crippen LogP contribution in [0.1, 0.15) is 16.3 Å². The summed E-state index contributed by atoms with van der Waals surface area (Å²) in [4.78, 5) is 11.9. The van der Waals surface area contributed by atoms with Gasteiger partial charge in [-0.1, -0.05) is 17.7 Å². The van der Waals surface area contributed by atoms with Crippen LogP contribution in [0.15, 0.2) is 40.8 Å². The van der Waals surface area contributed by atoms with Crippen LogP contribution < -0.4 is 10.6 Å². The standard InChI is InChI=1S/C13H13ClN2O2/c1-15-8-11-5-6-12(18-11)13(17)16-10-4-2-3-9(14)7-10/h2-7,15H,8H2,1H3,(H,16,17). The van der Waals surface area contributed by atoms with Crippen molar-refractivity contribution < 1.29 is 9.21 Å². The Morgan fingerprint density at radius 1 is 1.33 bits per heavy atom.